The Kier molecular flexibility index (Phi) is 5.70. The van der Waals surface area contributed by atoms with Gasteiger partial charge in [-0.2, -0.15) is 0 Å². The van der Waals surface area contributed by atoms with E-state index in [0.29, 0.717) is 6.61 Å². The van der Waals surface area contributed by atoms with Gasteiger partial charge in [0.15, 0.2) is 0 Å². The number of hydrogen-bond donors (Lipinski definition) is 0. The van der Waals surface area contributed by atoms with Crippen molar-refractivity contribution in [3.8, 4) is 0 Å². The van der Waals surface area contributed by atoms with Crippen LogP contribution in [-0.4, -0.2) is 43.8 Å². The number of carbonyl (C=O) groups is 1. The van der Waals surface area contributed by atoms with Crippen LogP contribution in [0.25, 0.3) is 0 Å². The summed E-state index contributed by atoms with van der Waals surface area (Å²) < 4.78 is 23.6. The van der Waals surface area contributed by atoms with Crippen LogP contribution in [-0.2, 0) is 14.3 Å². The molecular formula is C16H22FNO3. The molecule has 5 heteroatoms. The molecule has 1 atom stereocenters. The van der Waals surface area contributed by atoms with Crippen molar-refractivity contribution in [1.82, 2.24) is 4.90 Å². The van der Waals surface area contributed by atoms with Gasteiger partial charge in [-0.15, -0.1) is 0 Å². The average molecular weight is 295 g/mol. The lowest BCUT2D eigenvalue weighted by molar-refractivity contribution is -0.148. The molecule has 0 N–H and O–H groups in total. The van der Waals surface area contributed by atoms with Crippen LogP contribution >= 0.6 is 0 Å². The Morgan fingerprint density at radius 3 is 2.48 bits per heavy atom. The SMILES string of the molecule is CCOC1CCN([C@@H](C(=O)OC)c2ccc(F)cc2)CC1. The monoisotopic (exact) mass is 295 g/mol. The minimum absolute atomic E-state index is 0.262. The van der Waals surface area contributed by atoms with Gasteiger partial charge in [-0.25, -0.2) is 9.18 Å². The smallest absolute Gasteiger partial charge is 0.327 e. The summed E-state index contributed by atoms with van der Waals surface area (Å²) in [7, 11) is 1.38. The molecule has 4 nitrogen and oxygen atoms in total. The molecular weight excluding hydrogens is 273 g/mol. The van der Waals surface area contributed by atoms with Crippen molar-refractivity contribution in [3.05, 3.63) is 35.6 Å². The third-order valence-electron chi connectivity index (χ3n) is 3.85. The van der Waals surface area contributed by atoms with E-state index in [4.69, 9.17) is 9.47 Å². The summed E-state index contributed by atoms with van der Waals surface area (Å²) in [6.07, 6.45) is 2.04. The van der Waals surface area contributed by atoms with Gasteiger partial charge in [0.1, 0.15) is 11.9 Å². The number of rotatable bonds is 5. The first kappa shape index (κ1) is 15.9. The quantitative estimate of drug-likeness (QED) is 0.783. The minimum atomic E-state index is -0.474. The Balaban J connectivity index is 2.10. The fourth-order valence-corrected chi connectivity index (χ4v) is 2.79. The van der Waals surface area contributed by atoms with Crippen LogP contribution in [0.4, 0.5) is 4.39 Å². The Hall–Kier alpha value is -1.46. The van der Waals surface area contributed by atoms with E-state index in [-0.39, 0.29) is 17.9 Å². The predicted molar refractivity (Wildman–Crippen MR) is 77.4 cm³/mol. The van der Waals surface area contributed by atoms with Gasteiger partial charge < -0.3 is 9.47 Å². The van der Waals surface area contributed by atoms with Crippen LogP contribution in [0.3, 0.4) is 0 Å². The lowest BCUT2D eigenvalue weighted by Crippen LogP contribution is -2.42. The molecule has 0 aliphatic carbocycles. The zero-order chi connectivity index (χ0) is 15.2. The van der Waals surface area contributed by atoms with Crippen molar-refractivity contribution >= 4 is 5.97 Å². The number of hydrogen-bond acceptors (Lipinski definition) is 4. The summed E-state index contributed by atoms with van der Waals surface area (Å²) in [4.78, 5) is 14.2. The van der Waals surface area contributed by atoms with Crippen molar-refractivity contribution in [2.75, 3.05) is 26.8 Å². The Labute approximate surface area is 124 Å². The maximum atomic E-state index is 13.1. The molecule has 1 fully saturated rings. The third-order valence-corrected chi connectivity index (χ3v) is 3.85. The highest BCUT2D eigenvalue weighted by atomic mass is 19.1. The number of halogens is 1. The highest BCUT2D eigenvalue weighted by Gasteiger charge is 2.31. The van der Waals surface area contributed by atoms with Crippen molar-refractivity contribution in [2.45, 2.75) is 31.9 Å². The molecule has 1 heterocycles. The normalized spacial score (nSPS) is 18.4. The molecule has 1 aromatic carbocycles. The summed E-state index contributed by atoms with van der Waals surface area (Å²) in [6.45, 7) is 4.23. The Morgan fingerprint density at radius 1 is 1.33 bits per heavy atom. The third kappa shape index (κ3) is 4.02. The van der Waals surface area contributed by atoms with Gasteiger partial charge in [-0.05, 0) is 37.5 Å². The maximum absolute atomic E-state index is 13.1. The summed E-state index contributed by atoms with van der Waals surface area (Å²) in [5.74, 6) is -0.617. The van der Waals surface area contributed by atoms with E-state index >= 15 is 0 Å². The standard InChI is InChI=1S/C16H22FNO3/c1-3-21-14-8-10-18(11-9-14)15(16(19)20-2)12-4-6-13(17)7-5-12/h4-7,14-15H,3,8-11H2,1-2H3/t15-/m1/s1. The molecule has 0 saturated carbocycles. The molecule has 2 rings (SSSR count). The molecule has 1 saturated heterocycles. The number of carbonyl (C=O) groups excluding carboxylic acids is 1. The average Bonchev–Trinajstić information content (AvgIpc) is 2.51. The van der Waals surface area contributed by atoms with Gasteiger partial charge in [-0.1, -0.05) is 12.1 Å². The van der Waals surface area contributed by atoms with Gasteiger partial charge in [0.05, 0.1) is 13.2 Å². The fraction of sp³-hybridized carbons (Fsp3) is 0.562. The molecule has 116 valence electrons. The molecule has 0 unspecified atom stereocenters. The van der Waals surface area contributed by atoms with Gasteiger partial charge in [-0.3, -0.25) is 4.90 Å². The molecule has 1 aliphatic heterocycles. The fourth-order valence-electron chi connectivity index (χ4n) is 2.79. The van der Waals surface area contributed by atoms with E-state index in [1.165, 1.54) is 19.2 Å². The lowest BCUT2D eigenvalue weighted by atomic mass is 10.0. The Morgan fingerprint density at radius 2 is 1.95 bits per heavy atom. The molecule has 0 radical (unpaired) electrons. The first-order valence-electron chi connectivity index (χ1n) is 7.34. The molecule has 1 aliphatic rings. The predicted octanol–water partition coefficient (Wildman–Crippen LogP) is 2.54. The number of nitrogens with zero attached hydrogens (tertiary/aromatic N) is 1. The maximum Gasteiger partial charge on any atom is 0.327 e. The van der Waals surface area contributed by atoms with Crippen LogP contribution in [0.1, 0.15) is 31.4 Å². The second-order valence-corrected chi connectivity index (χ2v) is 5.17. The van der Waals surface area contributed by atoms with Gasteiger partial charge in [0.2, 0.25) is 0 Å². The summed E-state index contributed by atoms with van der Waals surface area (Å²) in [5, 5.41) is 0. The van der Waals surface area contributed by atoms with Crippen molar-refractivity contribution < 1.29 is 18.7 Å². The molecule has 0 amide bonds. The van der Waals surface area contributed by atoms with Crippen molar-refractivity contribution in [3.63, 3.8) is 0 Å². The van der Waals surface area contributed by atoms with E-state index in [0.717, 1.165) is 31.5 Å². The van der Waals surface area contributed by atoms with Crippen molar-refractivity contribution in [1.29, 1.82) is 0 Å². The molecule has 0 spiro atoms. The highest BCUT2D eigenvalue weighted by molar-refractivity contribution is 5.77. The van der Waals surface area contributed by atoms with E-state index < -0.39 is 6.04 Å². The van der Waals surface area contributed by atoms with E-state index in [9.17, 15) is 9.18 Å². The molecule has 1 aromatic rings. The molecule has 0 bridgehead atoms. The first-order chi connectivity index (χ1) is 10.2. The number of ether oxygens (including phenoxy) is 2. The molecule has 0 aromatic heterocycles. The second kappa shape index (κ2) is 7.52. The number of methoxy groups -OCH3 is 1. The number of esters is 1. The number of likely N-dealkylation sites (tertiary alicyclic amines) is 1. The summed E-state index contributed by atoms with van der Waals surface area (Å²) in [5.41, 5.74) is 0.762. The van der Waals surface area contributed by atoms with Gasteiger partial charge >= 0.3 is 5.97 Å². The second-order valence-electron chi connectivity index (χ2n) is 5.17. The Bertz CT molecular complexity index is 455. The van der Waals surface area contributed by atoms with Crippen LogP contribution in [0.5, 0.6) is 0 Å². The lowest BCUT2D eigenvalue weighted by Gasteiger charge is -2.36. The van der Waals surface area contributed by atoms with E-state index in [1.807, 2.05) is 6.92 Å². The first-order valence-corrected chi connectivity index (χ1v) is 7.34. The van der Waals surface area contributed by atoms with Gasteiger partial charge in [0.25, 0.3) is 0 Å². The summed E-state index contributed by atoms with van der Waals surface area (Å²) in [6, 6.07) is 5.56. The van der Waals surface area contributed by atoms with Crippen LogP contribution < -0.4 is 0 Å². The van der Waals surface area contributed by atoms with Gasteiger partial charge in [0, 0.05) is 19.7 Å². The number of piperidine rings is 1. The van der Waals surface area contributed by atoms with E-state index in [2.05, 4.69) is 4.90 Å². The zero-order valence-corrected chi connectivity index (χ0v) is 12.5. The van der Waals surface area contributed by atoms with Crippen LogP contribution in [0, 0.1) is 5.82 Å². The highest BCUT2D eigenvalue weighted by Crippen LogP contribution is 2.27. The zero-order valence-electron chi connectivity index (χ0n) is 12.5. The summed E-state index contributed by atoms with van der Waals surface area (Å²) >= 11 is 0. The molecule has 21 heavy (non-hydrogen) atoms. The van der Waals surface area contributed by atoms with Crippen LogP contribution in [0.15, 0.2) is 24.3 Å². The van der Waals surface area contributed by atoms with Crippen LogP contribution in [0.2, 0.25) is 0 Å². The van der Waals surface area contributed by atoms with E-state index in [1.54, 1.807) is 12.1 Å². The number of benzene rings is 1. The van der Waals surface area contributed by atoms with Crippen molar-refractivity contribution in [2.24, 2.45) is 0 Å². The topological polar surface area (TPSA) is 38.8 Å². The minimum Gasteiger partial charge on any atom is -0.468 e. The largest absolute Gasteiger partial charge is 0.468 e.